The van der Waals surface area contributed by atoms with Gasteiger partial charge in [0.25, 0.3) is 0 Å². The van der Waals surface area contributed by atoms with Crippen molar-refractivity contribution in [2.45, 2.75) is 25.3 Å². The molecule has 1 aromatic heterocycles. The molecule has 0 bridgehead atoms. The van der Waals surface area contributed by atoms with Crippen molar-refractivity contribution in [2.75, 3.05) is 33.2 Å². The first-order valence-corrected chi connectivity index (χ1v) is 11.4. The molecule has 0 saturated carbocycles. The number of halogens is 3. The Kier molecular flexibility index (Phi) is 7.07. The van der Waals surface area contributed by atoms with Gasteiger partial charge in [0.15, 0.2) is 5.82 Å². The molecule has 2 aromatic rings. The Morgan fingerprint density at radius 3 is 2.81 bits per heavy atom. The summed E-state index contributed by atoms with van der Waals surface area (Å²) in [6, 6.07) is 2.78. The Balaban J connectivity index is 1.62. The van der Waals surface area contributed by atoms with E-state index in [-0.39, 0.29) is 5.02 Å². The highest BCUT2D eigenvalue weighted by Crippen LogP contribution is 2.30. The third kappa shape index (κ3) is 4.79. The molecule has 2 aliphatic heterocycles. The fourth-order valence-corrected chi connectivity index (χ4v) is 4.51. The van der Waals surface area contributed by atoms with Crippen molar-refractivity contribution >= 4 is 28.9 Å². The lowest BCUT2D eigenvalue weighted by Crippen LogP contribution is -2.41. The Morgan fingerprint density at radius 1 is 1.28 bits per heavy atom. The first-order chi connectivity index (χ1) is 15.5. The number of nitrogens with one attached hydrogen (secondary N) is 4. The molecule has 1 saturated heterocycles. The Morgan fingerprint density at radius 2 is 2.06 bits per heavy atom. The van der Waals surface area contributed by atoms with Crippen LogP contribution in [0.5, 0.6) is 0 Å². The zero-order chi connectivity index (χ0) is 22.7. The van der Waals surface area contributed by atoms with E-state index in [2.05, 4.69) is 31.1 Å². The van der Waals surface area contributed by atoms with Gasteiger partial charge in [-0.25, -0.2) is 4.39 Å². The van der Waals surface area contributed by atoms with Crippen molar-refractivity contribution in [3.63, 3.8) is 0 Å². The highest BCUT2D eigenvalue weighted by atomic mass is 35.5. The molecule has 0 atom stereocenters. The van der Waals surface area contributed by atoms with Gasteiger partial charge < -0.3 is 31.6 Å². The second kappa shape index (κ2) is 9.97. The van der Waals surface area contributed by atoms with E-state index in [0.717, 1.165) is 43.1 Å². The number of nitrogens with two attached hydrogens (primary N) is 1. The van der Waals surface area contributed by atoms with Crippen LogP contribution in [0.3, 0.4) is 0 Å². The number of H-pyrrole nitrogens is 1. The minimum Gasteiger partial charge on any atom is -0.385 e. The van der Waals surface area contributed by atoms with Gasteiger partial charge in [0.2, 0.25) is 0 Å². The summed E-state index contributed by atoms with van der Waals surface area (Å²) in [6.07, 6.45) is 3.95. The Hall–Kier alpha value is -2.49. The smallest absolute Gasteiger partial charge is 0.177 e. The maximum absolute atomic E-state index is 14.0. The van der Waals surface area contributed by atoms with Crippen LogP contribution in [0.25, 0.3) is 5.70 Å². The number of piperidine rings is 1. The molecule has 6 N–H and O–H groups in total. The summed E-state index contributed by atoms with van der Waals surface area (Å²) in [5.41, 5.74) is 8.28. The zero-order valence-electron chi connectivity index (χ0n) is 17.8. The minimum atomic E-state index is -0.502. The van der Waals surface area contributed by atoms with Crippen LogP contribution < -0.4 is 21.7 Å². The molecule has 0 radical (unpaired) electrons. The average Bonchev–Trinajstić information content (AvgIpc) is 3.29. The van der Waals surface area contributed by atoms with Crippen LogP contribution in [0.1, 0.15) is 36.0 Å². The molecule has 3 heterocycles. The van der Waals surface area contributed by atoms with Crippen molar-refractivity contribution in [1.82, 2.24) is 36.0 Å². The summed E-state index contributed by atoms with van der Waals surface area (Å²) in [6.45, 7) is 3.56. The van der Waals surface area contributed by atoms with E-state index in [1.165, 1.54) is 12.1 Å². The maximum atomic E-state index is 14.0. The average molecular weight is 481 g/mol. The summed E-state index contributed by atoms with van der Waals surface area (Å²) in [5.74, 6) is 1.89. The van der Waals surface area contributed by atoms with Gasteiger partial charge in [-0.05, 0) is 44.1 Å². The first kappa shape index (κ1) is 22.7. The molecule has 1 fully saturated rings. The van der Waals surface area contributed by atoms with Gasteiger partial charge >= 0.3 is 0 Å². The highest BCUT2D eigenvalue weighted by Gasteiger charge is 2.23. The van der Waals surface area contributed by atoms with Crippen LogP contribution in [-0.2, 0) is 6.54 Å². The minimum absolute atomic E-state index is 0.0219. The molecule has 8 nitrogen and oxygen atoms in total. The number of rotatable bonds is 6. The Labute approximate surface area is 196 Å². The van der Waals surface area contributed by atoms with Crippen LogP contribution in [-0.4, -0.2) is 53.3 Å². The van der Waals surface area contributed by atoms with Crippen LogP contribution in [0.2, 0.25) is 10.0 Å². The fourth-order valence-electron chi connectivity index (χ4n) is 4.02. The number of aromatic amines is 1. The molecular formula is C21H27Cl2FN8. The molecule has 2 aliphatic rings. The van der Waals surface area contributed by atoms with Crippen molar-refractivity contribution < 1.29 is 4.39 Å². The zero-order valence-corrected chi connectivity index (χ0v) is 19.3. The number of allylic oxidation sites excluding steroid dienone is 1. The number of hydrogen-bond acceptors (Lipinski definition) is 7. The lowest BCUT2D eigenvalue weighted by atomic mass is 9.98. The topological polar surface area (TPSA) is 107 Å². The summed E-state index contributed by atoms with van der Waals surface area (Å²) >= 11 is 12.5. The second-order valence-corrected chi connectivity index (χ2v) is 8.65. The van der Waals surface area contributed by atoms with Crippen LogP contribution >= 0.6 is 23.2 Å². The second-order valence-electron chi connectivity index (χ2n) is 7.86. The molecule has 11 heteroatoms. The van der Waals surface area contributed by atoms with Crippen molar-refractivity contribution in [2.24, 2.45) is 5.73 Å². The van der Waals surface area contributed by atoms with Gasteiger partial charge in [0.05, 0.1) is 16.4 Å². The Bertz CT molecular complexity index is 1030. The van der Waals surface area contributed by atoms with E-state index in [4.69, 9.17) is 28.9 Å². The summed E-state index contributed by atoms with van der Waals surface area (Å²) in [4.78, 5) is 5.37. The maximum Gasteiger partial charge on any atom is 0.177 e. The van der Waals surface area contributed by atoms with Gasteiger partial charge in [-0.1, -0.05) is 23.2 Å². The molecule has 0 amide bonds. The van der Waals surface area contributed by atoms with Gasteiger partial charge in [0.1, 0.15) is 17.5 Å². The van der Waals surface area contributed by atoms with E-state index in [1.807, 2.05) is 18.0 Å². The number of nitrogens with zero attached hydrogens (tertiary/aromatic N) is 3. The molecule has 0 aliphatic carbocycles. The largest absolute Gasteiger partial charge is 0.385 e. The van der Waals surface area contributed by atoms with Gasteiger partial charge in [-0.3, -0.25) is 0 Å². The molecule has 4 rings (SSSR count). The SMILES string of the molecule is CN/C(=C\C1=C(N)NCCN1Cc1c(Cl)ccc(F)c1Cl)c1nnc(C2CCNCC2)[nH]1. The molecule has 32 heavy (non-hydrogen) atoms. The van der Waals surface area contributed by atoms with Gasteiger partial charge in [-0.15, -0.1) is 10.2 Å². The predicted molar refractivity (Wildman–Crippen MR) is 124 cm³/mol. The standard InChI is InChI=1S/C21H27Cl2FN8/c1-26-16(21-29-20(30-31-21)12-4-6-27-7-5-12)10-17-19(25)28-8-9-32(17)11-13-14(22)2-3-15(24)18(13)23/h2-3,10,12,26-28H,4-9,11,25H2,1H3,(H,29,30,31)/b16-10-. The third-order valence-corrected chi connectivity index (χ3v) is 6.60. The monoisotopic (exact) mass is 480 g/mol. The lowest BCUT2D eigenvalue weighted by Gasteiger charge is -2.32. The molecule has 0 unspecified atom stereocenters. The summed E-state index contributed by atoms with van der Waals surface area (Å²) < 4.78 is 14.0. The predicted octanol–water partition coefficient (Wildman–Crippen LogP) is 2.51. The lowest BCUT2D eigenvalue weighted by molar-refractivity contribution is 0.321. The van der Waals surface area contributed by atoms with Crippen molar-refractivity contribution in [1.29, 1.82) is 0 Å². The van der Waals surface area contributed by atoms with Crippen LogP contribution in [0, 0.1) is 5.82 Å². The summed E-state index contributed by atoms with van der Waals surface area (Å²) in [7, 11) is 1.82. The number of benzene rings is 1. The number of aromatic nitrogens is 3. The molecule has 172 valence electrons. The van der Waals surface area contributed by atoms with Crippen molar-refractivity contribution in [3.8, 4) is 0 Å². The number of hydrogen-bond donors (Lipinski definition) is 5. The quantitative estimate of drug-likeness (QED) is 0.404. The molecule has 1 aromatic carbocycles. The van der Waals surface area contributed by atoms with Crippen molar-refractivity contribution in [3.05, 3.63) is 62.8 Å². The highest BCUT2D eigenvalue weighted by molar-refractivity contribution is 6.36. The van der Waals surface area contributed by atoms with Gasteiger partial charge in [0, 0.05) is 43.2 Å². The van der Waals surface area contributed by atoms with Gasteiger partial charge in [-0.2, -0.15) is 0 Å². The third-order valence-electron chi connectivity index (χ3n) is 5.84. The fraction of sp³-hybridized carbons (Fsp3) is 0.429. The van der Waals surface area contributed by atoms with E-state index in [9.17, 15) is 4.39 Å². The summed E-state index contributed by atoms with van der Waals surface area (Å²) in [5, 5.41) is 18.9. The first-order valence-electron chi connectivity index (χ1n) is 10.6. The molecule has 0 spiro atoms. The van der Waals surface area contributed by atoms with Crippen LogP contribution in [0.15, 0.2) is 29.7 Å². The molecular weight excluding hydrogens is 454 g/mol. The van der Waals surface area contributed by atoms with E-state index in [0.29, 0.717) is 47.8 Å². The normalized spacial score (nSPS) is 18.1. The van der Waals surface area contributed by atoms with E-state index >= 15 is 0 Å². The van der Waals surface area contributed by atoms with E-state index in [1.54, 1.807) is 0 Å². The van der Waals surface area contributed by atoms with Crippen LogP contribution in [0.4, 0.5) is 4.39 Å². The van der Waals surface area contributed by atoms with E-state index < -0.39 is 5.82 Å².